The van der Waals surface area contributed by atoms with Gasteiger partial charge < -0.3 is 0 Å². The molecule has 7 heavy (non-hydrogen) atoms. The first-order valence-corrected chi connectivity index (χ1v) is 3.05. The molecular formula is C4H3ClOS. The summed E-state index contributed by atoms with van der Waals surface area (Å²) in [5, 5.41) is 0.144. The second kappa shape index (κ2) is 1.88. The quantitative estimate of drug-likeness (QED) is 0.502. The van der Waals surface area contributed by atoms with E-state index in [9.17, 15) is 4.79 Å². The van der Waals surface area contributed by atoms with Crippen LogP contribution in [0.4, 0.5) is 0 Å². The Hall–Kier alpha value is 0.0500. The van der Waals surface area contributed by atoms with Crippen LogP contribution in [0, 0.1) is 0 Å². The molecule has 0 unspecified atom stereocenters. The third-order valence-electron chi connectivity index (χ3n) is 0.641. The zero-order valence-corrected chi connectivity index (χ0v) is 5.05. The molecule has 0 amide bonds. The van der Waals surface area contributed by atoms with Gasteiger partial charge in [0.25, 0.3) is 0 Å². The fourth-order valence-corrected chi connectivity index (χ4v) is 1.24. The SMILES string of the molecule is O=C1CC=C(Cl)S1. The molecule has 0 spiro atoms. The van der Waals surface area contributed by atoms with E-state index < -0.39 is 0 Å². The van der Waals surface area contributed by atoms with Crippen LogP contribution in [0.3, 0.4) is 0 Å². The summed E-state index contributed by atoms with van der Waals surface area (Å²) >= 11 is 6.52. The summed E-state index contributed by atoms with van der Waals surface area (Å²) in [5.41, 5.74) is 0. The summed E-state index contributed by atoms with van der Waals surface area (Å²) in [5.74, 6) is 0. The molecule has 0 saturated carbocycles. The highest BCUT2D eigenvalue weighted by atomic mass is 35.5. The minimum absolute atomic E-state index is 0.144. The Morgan fingerprint density at radius 1 is 1.86 bits per heavy atom. The fourth-order valence-electron chi connectivity index (χ4n) is 0.356. The monoisotopic (exact) mass is 134 g/mol. The molecular weight excluding hydrogens is 132 g/mol. The summed E-state index contributed by atoms with van der Waals surface area (Å²) < 4.78 is 0.616. The van der Waals surface area contributed by atoms with Crippen LogP contribution in [0.15, 0.2) is 10.4 Å². The van der Waals surface area contributed by atoms with Gasteiger partial charge in [-0.25, -0.2) is 0 Å². The molecule has 1 aliphatic rings. The first-order valence-electron chi connectivity index (χ1n) is 1.85. The van der Waals surface area contributed by atoms with Crippen molar-refractivity contribution in [2.24, 2.45) is 0 Å². The lowest BCUT2D eigenvalue weighted by atomic mass is 10.5. The minimum atomic E-state index is 0.144. The number of rotatable bonds is 0. The molecule has 1 aliphatic heterocycles. The van der Waals surface area contributed by atoms with E-state index in [2.05, 4.69) is 0 Å². The number of hydrogen-bond acceptors (Lipinski definition) is 2. The van der Waals surface area contributed by atoms with Crippen molar-refractivity contribution in [2.45, 2.75) is 6.42 Å². The number of hydrogen-bond donors (Lipinski definition) is 0. The zero-order chi connectivity index (χ0) is 5.28. The largest absolute Gasteiger partial charge is 0.286 e. The summed E-state index contributed by atoms with van der Waals surface area (Å²) in [6.07, 6.45) is 2.22. The summed E-state index contributed by atoms with van der Waals surface area (Å²) in [4.78, 5) is 10.3. The molecule has 0 saturated heterocycles. The average molecular weight is 135 g/mol. The molecule has 38 valence electrons. The van der Waals surface area contributed by atoms with Crippen LogP contribution in [0.1, 0.15) is 6.42 Å². The maximum absolute atomic E-state index is 10.3. The topological polar surface area (TPSA) is 17.1 Å². The lowest BCUT2D eigenvalue weighted by molar-refractivity contribution is -0.110. The standard InChI is InChI=1S/C4H3ClOS/c5-3-1-2-4(6)7-3/h1H,2H2. The van der Waals surface area contributed by atoms with E-state index in [1.165, 1.54) is 0 Å². The third-order valence-corrected chi connectivity index (χ3v) is 1.78. The maximum Gasteiger partial charge on any atom is 0.198 e. The predicted molar refractivity (Wildman–Crippen MR) is 31.2 cm³/mol. The van der Waals surface area contributed by atoms with Crippen molar-refractivity contribution in [2.75, 3.05) is 0 Å². The molecule has 1 heterocycles. The number of halogens is 1. The van der Waals surface area contributed by atoms with Gasteiger partial charge in [0.05, 0.1) is 4.36 Å². The number of carbonyl (C=O) groups is 1. The first-order chi connectivity index (χ1) is 3.29. The minimum Gasteiger partial charge on any atom is -0.286 e. The van der Waals surface area contributed by atoms with Gasteiger partial charge in [-0.3, -0.25) is 4.79 Å². The first kappa shape index (κ1) is 5.19. The number of allylic oxidation sites excluding steroid dienone is 1. The normalized spacial score (nSPS) is 20.1. The number of carbonyl (C=O) groups excluding carboxylic acids is 1. The van der Waals surface area contributed by atoms with Crippen molar-refractivity contribution < 1.29 is 4.79 Å². The predicted octanol–water partition coefficient (Wildman–Crippen LogP) is 1.73. The molecule has 0 aromatic heterocycles. The second-order valence-corrected chi connectivity index (χ2v) is 2.92. The second-order valence-electron chi connectivity index (χ2n) is 1.19. The Labute approximate surface area is 50.7 Å². The van der Waals surface area contributed by atoms with E-state index in [4.69, 9.17) is 11.6 Å². The van der Waals surface area contributed by atoms with Crippen LogP contribution < -0.4 is 0 Å². The molecule has 0 bridgehead atoms. The van der Waals surface area contributed by atoms with Crippen molar-refractivity contribution in [3.8, 4) is 0 Å². The van der Waals surface area contributed by atoms with Crippen molar-refractivity contribution in [3.05, 3.63) is 10.4 Å². The lowest BCUT2D eigenvalue weighted by Crippen LogP contribution is -1.76. The van der Waals surface area contributed by atoms with Gasteiger partial charge in [-0.1, -0.05) is 17.7 Å². The van der Waals surface area contributed by atoms with Crippen molar-refractivity contribution in [1.29, 1.82) is 0 Å². The zero-order valence-electron chi connectivity index (χ0n) is 3.48. The molecule has 1 rings (SSSR count). The van der Waals surface area contributed by atoms with Gasteiger partial charge in [-0.2, -0.15) is 0 Å². The smallest absolute Gasteiger partial charge is 0.198 e. The molecule has 0 aliphatic carbocycles. The van der Waals surface area contributed by atoms with Gasteiger partial charge in [0.1, 0.15) is 0 Å². The highest BCUT2D eigenvalue weighted by Crippen LogP contribution is 2.28. The summed E-state index contributed by atoms with van der Waals surface area (Å²) in [6.45, 7) is 0. The number of thioether (sulfide) groups is 1. The van der Waals surface area contributed by atoms with Crippen LogP contribution >= 0.6 is 23.4 Å². The van der Waals surface area contributed by atoms with Crippen LogP contribution in [0.2, 0.25) is 0 Å². The Bertz CT molecular complexity index is 130. The van der Waals surface area contributed by atoms with E-state index in [0.29, 0.717) is 10.8 Å². The third kappa shape index (κ3) is 1.21. The van der Waals surface area contributed by atoms with Crippen LogP contribution in [-0.2, 0) is 4.79 Å². The average Bonchev–Trinajstić information content (AvgIpc) is 1.87. The molecule has 0 fully saturated rings. The van der Waals surface area contributed by atoms with E-state index in [-0.39, 0.29) is 5.12 Å². The molecule has 0 aromatic rings. The van der Waals surface area contributed by atoms with Crippen molar-refractivity contribution in [1.82, 2.24) is 0 Å². The molecule has 0 atom stereocenters. The Kier molecular flexibility index (Phi) is 1.40. The van der Waals surface area contributed by atoms with Crippen LogP contribution in [0.25, 0.3) is 0 Å². The fraction of sp³-hybridized carbons (Fsp3) is 0.250. The maximum atomic E-state index is 10.3. The summed E-state index contributed by atoms with van der Waals surface area (Å²) in [7, 11) is 0. The molecule has 0 radical (unpaired) electrons. The lowest BCUT2D eigenvalue weighted by Gasteiger charge is -1.77. The van der Waals surface area contributed by atoms with Gasteiger partial charge in [-0.05, 0) is 11.8 Å². The highest BCUT2D eigenvalue weighted by molar-refractivity contribution is 8.18. The highest BCUT2D eigenvalue weighted by Gasteiger charge is 2.10. The molecule has 3 heteroatoms. The van der Waals surface area contributed by atoms with E-state index in [1.54, 1.807) is 6.08 Å². The van der Waals surface area contributed by atoms with Gasteiger partial charge >= 0.3 is 0 Å². The summed E-state index contributed by atoms with van der Waals surface area (Å²) in [6, 6.07) is 0. The van der Waals surface area contributed by atoms with Crippen LogP contribution in [-0.4, -0.2) is 5.12 Å². The van der Waals surface area contributed by atoms with Gasteiger partial charge in [0, 0.05) is 6.42 Å². The molecule has 1 nitrogen and oxygen atoms in total. The van der Waals surface area contributed by atoms with Gasteiger partial charge in [0.2, 0.25) is 0 Å². The van der Waals surface area contributed by atoms with Crippen LogP contribution in [0.5, 0.6) is 0 Å². The van der Waals surface area contributed by atoms with E-state index >= 15 is 0 Å². The Morgan fingerprint density at radius 3 is 2.71 bits per heavy atom. The van der Waals surface area contributed by atoms with Crippen molar-refractivity contribution in [3.63, 3.8) is 0 Å². The molecule has 0 N–H and O–H groups in total. The Morgan fingerprint density at radius 2 is 2.57 bits per heavy atom. The molecule has 0 aromatic carbocycles. The van der Waals surface area contributed by atoms with E-state index in [0.717, 1.165) is 11.8 Å². The van der Waals surface area contributed by atoms with Crippen molar-refractivity contribution >= 4 is 28.5 Å². The van der Waals surface area contributed by atoms with Gasteiger partial charge in [-0.15, -0.1) is 0 Å². The Balaban J connectivity index is 2.58. The van der Waals surface area contributed by atoms with E-state index in [1.807, 2.05) is 0 Å². The van der Waals surface area contributed by atoms with Gasteiger partial charge in [0.15, 0.2) is 5.12 Å².